The summed E-state index contributed by atoms with van der Waals surface area (Å²) in [6.07, 6.45) is 24.3. The lowest BCUT2D eigenvalue weighted by Gasteiger charge is -2.40. The quantitative estimate of drug-likeness (QED) is 0.479. The fourth-order valence-corrected chi connectivity index (χ4v) is 6.33. The predicted molar refractivity (Wildman–Crippen MR) is 109 cm³/mol. The molecule has 2 atom stereocenters. The van der Waals surface area contributed by atoms with Gasteiger partial charge < -0.3 is 4.74 Å². The van der Waals surface area contributed by atoms with Crippen molar-refractivity contribution in [3.8, 4) is 0 Å². The van der Waals surface area contributed by atoms with Crippen LogP contribution in [0.15, 0.2) is 0 Å². The van der Waals surface area contributed by atoms with Crippen LogP contribution in [-0.4, -0.2) is 36.7 Å². The number of rotatable bonds is 8. The SMILES string of the molecule is C1CCC(CC([C@H]2CO2)N(CC2CCCCC2)CC2CCCCC2)CC1. The Labute approximate surface area is 162 Å². The van der Waals surface area contributed by atoms with E-state index in [1.165, 1.54) is 116 Å². The molecule has 26 heavy (non-hydrogen) atoms. The average Bonchev–Trinajstić information content (AvgIpc) is 3.53. The highest BCUT2D eigenvalue weighted by molar-refractivity contribution is 4.91. The first-order valence-electron chi connectivity index (χ1n) is 12.2. The molecule has 0 aromatic heterocycles. The molecule has 2 heteroatoms. The maximum absolute atomic E-state index is 5.93. The summed E-state index contributed by atoms with van der Waals surface area (Å²) in [5.41, 5.74) is 0. The van der Waals surface area contributed by atoms with Crippen molar-refractivity contribution in [3.63, 3.8) is 0 Å². The van der Waals surface area contributed by atoms with Crippen molar-refractivity contribution in [2.75, 3.05) is 19.7 Å². The molecule has 4 fully saturated rings. The Morgan fingerprint density at radius 1 is 0.615 bits per heavy atom. The van der Waals surface area contributed by atoms with Gasteiger partial charge in [-0.15, -0.1) is 0 Å². The van der Waals surface area contributed by atoms with E-state index in [-0.39, 0.29) is 0 Å². The number of nitrogens with zero attached hydrogens (tertiary/aromatic N) is 1. The van der Waals surface area contributed by atoms with Gasteiger partial charge >= 0.3 is 0 Å². The summed E-state index contributed by atoms with van der Waals surface area (Å²) < 4.78 is 5.93. The summed E-state index contributed by atoms with van der Waals surface area (Å²) in [7, 11) is 0. The zero-order valence-corrected chi connectivity index (χ0v) is 17.2. The lowest BCUT2D eigenvalue weighted by atomic mass is 9.82. The van der Waals surface area contributed by atoms with Gasteiger partial charge in [0, 0.05) is 19.1 Å². The van der Waals surface area contributed by atoms with Crippen LogP contribution in [0.1, 0.15) is 103 Å². The Morgan fingerprint density at radius 3 is 1.46 bits per heavy atom. The summed E-state index contributed by atoms with van der Waals surface area (Å²) in [4.78, 5) is 2.98. The third-order valence-electron chi connectivity index (χ3n) is 7.99. The Balaban J connectivity index is 1.40. The Kier molecular flexibility index (Phi) is 7.34. The zero-order valence-electron chi connectivity index (χ0n) is 17.2. The molecule has 3 saturated carbocycles. The van der Waals surface area contributed by atoms with Crippen LogP contribution in [0.25, 0.3) is 0 Å². The molecule has 0 bridgehead atoms. The van der Waals surface area contributed by atoms with Crippen LogP contribution in [0.2, 0.25) is 0 Å². The van der Waals surface area contributed by atoms with E-state index in [4.69, 9.17) is 4.74 Å². The molecule has 1 unspecified atom stereocenters. The van der Waals surface area contributed by atoms with Crippen molar-refractivity contribution in [2.45, 2.75) is 115 Å². The topological polar surface area (TPSA) is 15.8 Å². The summed E-state index contributed by atoms with van der Waals surface area (Å²) in [5.74, 6) is 2.93. The normalized spacial score (nSPS) is 30.6. The molecule has 1 saturated heterocycles. The molecule has 150 valence electrons. The molecule has 1 aliphatic heterocycles. The molecule has 4 aliphatic rings. The fourth-order valence-electron chi connectivity index (χ4n) is 6.33. The molecule has 0 N–H and O–H groups in total. The van der Waals surface area contributed by atoms with Crippen molar-refractivity contribution in [2.24, 2.45) is 17.8 Å². The van der Waals surface area contributed by atoms with Crippen LogP contribution in [0.3, 0.4) is 0 Å². The standard InChI is InChI=1S/C24H43NO/c1-4-10-20(11-5-1)16-23(24-19-26-24)25(17-21-12-6-2-7-13-21)18-22-14-8-3-9-15-22/h20-24H,1-19H2/t23?,24-/m1/s1. The van der Waals surface area contributed by atoms with Crippen LogP contribution < -0.4 is 0 Å². The fraction of sp³-hybridized carbons (Fsp3) is 1.00. The Morgan fingerprint density at radius 2 is 1.04 bits per heavy atom. The molecule has 0 amide bonds. The van der Waals surface area contributed by atoms with Gasteiger partial charge in [0.2, 0.25) is 0 Å². The molecule has 2 nitrogen and oxygen atoms in total. The smallest absolute Gasteiger partial charge is 0.0964 e. The van der Waals surface area contributed by atoms with Crippen LogP contribution in [0, 0.1) is 17.8 Å². The summed E-state index contributed by atoms with van der Waals surface area (Å²) in [5, 5.41) is 0. The van der Waals surface area contributed by atoms with Gasteiger partial charge in [0.15, 0.2) is 0 Å². The third kappa shape index (κ3) is 5.71. The van der Waals surface area contributed by atoms with Crippen LogP contribution in [0.4, 0.5) is 0 Å². The third-order valence-corrected chi connectivity index (χ3v) is 7.99. The summed E-state index contributed by atoms with van der Waals surface area (Å²) in [6, 6.07) is 0.738. The van der Waals surface area contributed by atoms with Crippen LogP contribution in [0.5, 0.6) is 0 Å². The predicted octanol–water partition coefficient (Wildman–Crippen LogP) is 6.19. The van der Waals surface area contributed by atoms with E-state index in [9.17, 15) is 0 Å². The van der Waals surface area contributed by atoms with E-state index < -0.39 is 0 Å². The molecular formula is C24H43NO. The highest BCUT2D eigenvalue weighted by Crippen LogP contribution is 2.36. The lowest BCUT2D eigenvalue weighted by molar-refractivity contribution is 0.0777. The first-order valence-corrected chi connectivity index (χ1v) is 12.2. The highest BCUT2D eigenvalue weighted by atomic mass is 16.6. The molecule has 0 aromatic carbocycles. The minimum atomic E-state index is 0.573. The second-order valence-electron chi connectivity index (χ2n) is 10.1. The largest absolute Gasteiger partial charge is 0.371 e. The number of ether oxygens (including phenoxy) is 1. The maximum Gasteiger partial charge on any atom is 0.0964 e. The number of hydrogen-bond acceptors (Lipinski definition) is 2. The second kappa shape index (κ2) is 9.92. The van der Waals surface area contributed by atoms with Gasteiger partial charge in [0.1, 0.15) is 0 Å². The second-order valence-corrected chi connectivity index (χ2v) is 10.1. The van der Waals surface area contributed by atoms with E-state index in [1.54, 1.807) is 0 Å². The zero-order chi connectivity index (χ0) is 17.6. The van der Waals surface area contributed by atoms with Gasteiger partial charge in [-0.2, -0.15) is 0 Å². The van der Waals surface area contributed by atoms with Crippen molar-refractivity contribution in [1.29, 1.82) is 0 Å². The highest BCUT2D eigenvalue weighted by Gasteiger charge is 2.39. The van der Waals surface area contributed by atoms with E-state index in [1.807, 2.05) is 0 Å². The number of hydrogen-bond donors (Lipinski definition) is 0. The lowest BCUT2D eigenvalue weighted by Crippen LogP contribution is -2.46. The van der Waals surface area contributed by atoms with E-state index in [2.05, 4.69) is 4.90 Å². The average molecular weight is 362 g/mol. The van der Waals surface area contributed by atoms with Gasteiger partial charge in [-0.25, -0.2) is 0 Å². The minimum absolute atomic E-state index is 0.573. The van der Waals surface area contributed by atoms with Gasteiger partial charge in [-0.3, -0.25) is 4.90 Å². The Hall–Kier alpha value is -0.0800. The van der Waals surface area contributed by atoms with E-state index in [0.717, 1.165) is 30.4 Å². The van der Waals surface area contributed by atoms with E-state index >= 15 is 0 Å². The van der Waals surface area contributed by atoms with Gasteiger partial charge in [0.25, 0.3) is 0 Å². The van der Waals surface area contributed by atoms with Crippen molar-refractivity contribution in [3.05, 3.63) is 0 Å². The maximum atomic E-state index is 5.93. The first-order chi connectivity index (χ1) is 12.9. The van der Waals surface area contributed by atoms with Crippen molar-refractivity contribution < 1.29 is 4.74 Å². The summed E-state index contributed by atoms with van der Waals surface area (Å²) in [6.45, 7) is 3.81. The minimum Gasteiger partial charge on any atom is -0.371 e. The molecule has 4 rings (SSSR count). The summed E-state index contributed by atoms with van der Waals surface area (Å²) >= 11 is 0. The number of epoxide rings is 1. The van der Waals surface area contributed by atoms with Crippen molar-refractivity contribution >= 4 is 0 Å². The van der Waals surface area contributed by atoms with Gasteiger partial charge in [-0.1, -0.05) is 70.6 Å². The molecular weight excluding hydrogens is 318 g/mol. The molecule has 0 aromatic rings. The molecule has 3 aliphatic carbocycles. The van der Waals surface area contributed by atoms with Gasteiger partial charge in [0.05, 0.1) is 12.7 Å². The van der Waals surface area contributed by atoms with Crippen LogP contribution >= 0.6 is 0 Å². The molecule has 0 spiro atoms. The van der Waals surface area contributed by atoms with Gasteiger partial charge in [-0.05, 0) is 49.9 Å². The Bertz CT molecular complexity index is 369. The monoisotopic (exact) mass is 361 g/mol. The molecule has 0 radical (unpaired) electrons. The van der Waals surface area contributed by atoms with Crippen LogP contribution in [-0.2, 0) is 4.74 Å². The van der Waals surface area contributed by atoms with E-state index in [0.29, 0.717) is 6.10 Å². The van der Waals surface area contributed by atoms with Crippen molar-refractivity contribution in [1.82, 2.24) is 4.90 Å². The molecule has 1 heterocycles. The first kappa shape index (κ1) is 19.2.